The van der Waals surface area contributed by atoms with Crippen molar-refractivity contribution in [3.05, 3.63) is 48.0 Å². The molecule has 0 radical (unpaired) electrons. The summed E-state index contributed by atoms with van der Waals surface area (Å²) in [5.41, 5.74) is 0.670. The van der Waals surface area contributed by atoms with Crippen molar-refractivity contribution in [3.63, 3.8) is 0 Å². The Bertz CT molecular complexity index is 495. The highest BCUT2D eigenvalue weighted by Gasteiger charge is 2.46. The summed E-state index contributed by atoms with van der Waals surface area (Å²) in [4.78, 5) is 0. The molecule has 0 spiro atoms. The molecule has 1 saturated heterocycles. The zero-order chi connectivity index (χ0) is 10.3. The highest BCUT2D eigenvalue weighted by molar-refractivity contribution is 5.86. The number of aliphatic hydroxyl groups excluding tert-OH is 1. The zero-order valence-corrected chi connectivity index (χ0v) is 8.31. The molecule has 2 nitrogen and oxygen atoms in total. The smallest absolute Gasteiger partial charge is 0.140 e. The molecule has 1 fully saturated rings. The molecule has 2 aromatic carbocycles. The molecular formula is C13H12O2. The standard InChI is InChI=1S/C13H12O2/c14-8-13(9-15-13)12-7-3-5-10-4-1-2-6-11(10)12/h1-7,14H,8-9H2/t13-/m1/s1. The molecule has 0 unspecified atom stereocenters. The number of benzene rings is 2. The topological polar surface area (TPSA) is 32.8 Å². The van der Waals surface area contributed by atoms with Crippen molar-refractivity contribution in [2.75, 3.05) is 13.2 Å². The van der Waals surface area contributed by atoms with Gasteiger partial charge in [0.05, 0.1) is 13.2 Å². The highest BCUT2D eigenvalue weighted by Crippen LogP contribution is 2.41. The molecule has 1 atom stereocenters. The van der Waals surface area contributed by atoms with E-state index < -0.39 is 5.60 Å². The average molecular weight is 200 g/mol. The first-order valence-corrected chi connectivity index (χ1v) is 5.09. The summed E-state index contributed by atoms with van der Waals surface area (Å²) in [6.07, 6.45) is 0. The summed E-state index contributed by atoms with van der Waals surface area (Å²) in [5, 5.41) is 11.7. The van der Waals surface area contributed by atoms with Crippen LogP contribution in [0.4, 0.5) is 0 Å². The van der Waals surface area contributed by atoms with E-state index >= 15 is 0 Å². The van der Waals surface area contributed by atoms with Crippen molar-refractivity contribution in [2.24, 2.45) is 0 Å². The van der Waals surface area contributed by atoms with Crippen molar-refractivity contribution >= 4 is 10.8 Å². The van der Waals surface area contributed by atoms with E-state index in [1.54, 1.807) is 0 Å². The van der Waals surface area contributed by atoms with E-state index in [-0.39, 0.29) is 6.61 Å². The molecule has 2 aromatic rings. The molecule has 0 bridgehead atoms. The fourth-order valence-electron chi connectivity index (χ4n) is 2.04. The Morgan fingerprint density at radius 2 is 1.87 bits per heavy atom. The summed E-state index contributed by atoms with van der Waals surface area (Å²) < 4.78 is 5.39. The monoisotopic (exact) mass is 200 g/mol. The summed E-state index contributed by atoms with van der Waals surface area (Å²) in [7, 11) is 0. The first-order chi connectivity index (χ1) is 7.36. The SMILES string of the molecule is OC[C@]1(c2cccc3ccccc23)CO1. The van der Waals surface area contributed by atoms with E-state index in [4.69, 9.17) is 4.74 Å². The van der Waals surface area contributed by atoms with Crippen LogP contribution in [0.3, 0.4) is 0 Å². The van der Waals surface area contributed by atoms with Crippen molar-refractivity contribution in [3.8, 4) is 0 Å². The third kappa shape index (κ3) is 1.26. The van der Waals surface area contributed by atoms with Crippen LogP contribution in [0, 0.1) is 0 Å². The fourth-order valence-corrected chi connectivity index (χ4v) is 2.04. The van der Waals surface area contributed by atoms with Crippen LogP contribution in [-0.2, 0) is 10.3 Å². The predicted octanol–water partition coefficient (Wildman–Crippen LogP) is 2.06. The number of aliphatic hydroxyl groups is 1. The number of ether oxygens (including phenoxy) is 1. The Hall–Kier alpha value is -1.38. The summed E-state index contributed by atoms with van der Waals surface area (Å²) >= 11 is 0. The van der Waals surface area contributed by atoms with Crippen LogP contribution < -0.4 is 0 Å². The molecule has 0 aliphatic carbocycles. The lowest BCUT2D eigenvalue weighted by Crippen LogP contribution is -2.14. The van der Waals surface area contributed by atoms with Gasteiger partial charge in [0.25, 0.3) is 0 Å². The van der Waals surface area contributed by atoms with Crippen molar-refractivity contribution < 1.29 is 9.84 Å². The largest absolute Gasteiger partial charge is 0.393 e. The maximum atomic E-state index is 9.34. The van der Waals surface area contributed by atoms with Crippen LogP contribution in [0.1, 0.15) is 5.56 Å². The van der Waals surface area contributed by atoms with E-state index in [0.717, 1.165) is 5.56 Å². The minimum Gasteiger partial charge on any atom is -0.393 e. The lowest BCUT2D eigenvalue weighted by atomic mass is 9.94. The molecule has 15 heavy (non-hydrogen) atoms. The van der Waals surface area contributed by atoms with E-state index in [0.29, 0.717) is 6.61 Å². The molecule has 3 rings (SSSR count). The second kappa shape index (κ2) is 3.05. The second-order valence-electron chi connectivity index (χ2n) is 3.97. The van der Waals surface area contributed by atoms with Crippen LogP contribution in [0.25, 0.3) is 10.8 Å². The molecule has 0 saturated carbocycles. The molecule has 2 heteroatoms. The number of hydrogen-bond donors (Lipinski definition) is 1. The molecule has 1 heterocycles. The normalized spacial score (nSPS) is 24.3. The Morgan fingerprint density at radius 3 is 2.60 bits per heavy atom. The zero-order valence-electron chi connectivity index (χ0n) is 8.31. The Balaban J connectivity index is 2.27. The summed E-state index contributed by atoms with van der Waals surface area (Å²) in [6, 6.07) is 14.3. The van der Waals surface area contributed by atoms with E-state index in [1.807, 2.05) is 24.3 Å². The van der Waals surface area contributed by atoms with Crippen LogP contribution in [0.15, 0.2) is 42.5 Å². The quantitative estimate of drug-likeness (QED) is 0.752. The van der Waals surface area contributed by atoms with E-state index in [1.165, 1.54) is 10.8 Å². The van der Waals surface area contributed by atoms with Gasteiger partial charge in [-0.25, -0.2) is 0 Å². The number of fused-ring (bicyclic) bond motifs is 1. The van der Waals surface area contributed by atoms with E-state index in [2.05, 4.69) is 18.2 Å². The summed E-state index contributed by atoms with van der Waals surface area (Å²) in [5.74, 6) is 0. The average Bonchev–Trinajstić information content (AvgIpc) is 3.09. The number of epoxide rings is 1. The van der Waals surface area contributed by atoms with Gasteiger partial charge in [0, 0.05) is 0 Å². The van der Waals surface area contributed by atoms with E-state index in [9.17, 15) is 5.11 Å². The van der Waals surface area contributed by atoms with Gasteiger partial charge in [-0.3, -0.25) is 0 Å². The maximum Gasteiger partial charge on any atom is 0.140 e. The highest BCUT2D eigenvalue weighted by atomic mass is 16.6. The second-order valence-corrected chi connectivity index (χ2v) is 3.97. The van der Waals surface area contributed by atoms with Gasteiger partial charge in [0.1, 0.15) is 5.60 Å². The van der Waals surface area contributed by atoms with Crippen molar-refractivity contribution in [1.82, 2.24) is 0 Å². The summed E-state index contributed by atoms with van der Waals surface area (Å²) in [6.45, 7) is 0.679. The first kappa shape index (κ1) is 8.89. The molecule has 0 aromatic heterocycles. The van der Waals surface area contributed by atoms with Gasteiger partial charge >= 0.3 is 0 Å². The van der Waals surface area contributed by atoms with Gasteiger partial charge in [-0.1, -0.05) is 42.5 Å². The third-order valence-corrected chi connectivity index (χ3v) is 3.03. The molecule has 1 aliphatic heterocycles. The Morgan fingerprint density at radius 1 is 1.13 bits per heavy atom. The lowest BCUT2D eigenvalue weighted by Gasteiger charge is -2.11. The van der Waals surface area contributed by atoms with Crippen LogP contribution in [0.5, 0.6) is 0 Å². The van der Waals surface area contributed by atoms with Crippen molar-refractivity contribution in [2.45, 2.75) is 5.60 Å². The van der Waals surface area contributed by atoms with Gasteiger partial charge in [-0.2, -0.15) is 0 Å². The van der Waals surface area contributed by atoms with Gasteiger partial charge in [-0.05, 0) is 16.3 Å². The Labute approximate surface area is 88.1 Å². The van der Waals surface area contributed by atoms with Gasteiger partial charge < -0.3 is 9.84 Å². The molecule has 1 N–H and O–H groups in total. The van der Waals surface area contributed by atoms with Crippen LogP contribution in [-0.4, -0.2) is 18.3 Å². The van der Waals surface area contributed by atoms with Gasteiger partial charge in [-0.15, -0.1) is 0 Å². The lowest BCUT2D eigenvalue weighted by molar-refractivity contribution is 0.174. The molecular weight excluding hydrogens is 188 g/mol. The van der Waals surface area contributed by atoms with Gasteiger partial charge in [0.2, 0.25) is 0 Å². The first-order valence-electron chi connectivity index (χ1n) is 5.09. The number of hydrogen-bond acceptors (Lipinski definition) is 2. The maximum absolute atomic E-state index is 9.34. The molecule has 1 aliphatic rings. The fraction of sp³-hybridized carbons (Fsp3) is 0.231. The Kier molecular flexibility index (Phi) is 1.81. The third-order valence-electron chi connectivity index (χ3n) is 3.03. The minimum atomic E-state index is -0.430. The van der Waals surface area contributed by atoms with Crippen molar-refractivity contribution in [1.29, 1.82) is 0 Å². The molecule has 76 valence electrons. The minimum absolute atomic E-state index is 0.0566. The predicted molar refractivity (Wildman–Crippen MR) is 58.7 cm³/mol. The number of rotatable bonds is 2. The van der Waals surface area contributed by atoms with Crippen LogP contribution >= 0.6 is 0 Å². The van der Waals surface area contributed by atoms with Gasteiger partial charge in [0.15, 0.2) is 0 Å². The molecule has 0 amide bonds. The van der Waals surface area contributed by atoms with Crippen LogP contribution in [0.2, 0.25) is 0 Å².